The third-order valence-corrected chi connectivity index (χ3v) is 5.19. The Morgan fingerprint density at radius 3 is 2.62 bits per heavy atom. The van der Waals surface area contributed by atoms with E-state index in [2.05, 4.69) is 0 Å². The number of nitrogens with zero attached hydrogens (tertiary/aromatic N) is 2. The van der Waals surface area contributed by atoms with Crippen molar-refractivity contribution in [1.29, 1.82) is 0 Å². The van der Waals surface area contributed by atoms with Crippen molar-refractivity contribution in [3.63, 3.8) is 0 Å². The van der Waals surface area contributed by atoms with Crippen LogP contribution in [0.15, 0.2) is 60.3 Å². The van der Waals surface area contributed by atoms with E-state index in [4.69, 9.17) is 9.57 Å². The summed E-state index contributed by atoms with van der Waals surface area (Å²) < 4.78 is 5.59. The number of hydrogen-bond donors (Lipinski definition) is 0. The molecule has 0 saturated carbocycles. The molecule has 2 aromatic rings. The van der Waals surface area contributed by atoms with E-state index in [0.717, 1.165) is 10.6 Å². The van der Waals surface area contributed by atoms with Crippen molar-refractivity contribution in [2.75, 3.05) is 19.9 Å². The standard InChI is InChI=1S/C21H18N2O5S/c24-19-16-9-4-5-10-18(16)27-14-22(19)11-6-12-28-23-17(20(25)29-21(23)26)13-15-7-2-1-3-8-15/h1-5,7-10,13H,6,11-12,14H2. The van der Waals surface area contributed by atoms with Gasteiger partial charge < -0.3 is 9.64 Å². The van der Waals surface area contributed by atoms with E-state index < -0.39 is 5.24 Å². The van der Waals surface area contributed by atoms with Gasteiger partial charge in [-0.15, -0.1) is 0 Å². The number of rotatable bonds is 6. The Kier molecular flexibility index (Phi) is 5.64. The summed E-state index contributed by atoms with van der Waals surface area (Å²) >= 11 is 0.605. The first-order chi connectivity index (χ1) is 14.1. The van der Waals surface area contributed by atoms with Gasteiger partial charge in [0.15, 0.2) is 6.73 Å². The minimum absolute atomic E-state index is 0.0977. The van der Waals surface area contributed by atoms with Crippen molar-refractivity contribution in [3.05, 3.63) is 71.4 Å². The summed E-state index contributed by atoms with van der Waals surface area (Å²) in [6.45, 7) is 0.761. The number of carbonyl (C=O) groups is 3. The minimum atomic E-state index is -0.469. The molecule has 0 aliphatic carbocycles. The average molecular weight is 410 g/mol. The molecular formula is C21H18N2O5S. The van der Waals surface area contributed by atoms with E-state index in [1.54, 1.807) is 29.2 Å². The number of thioether (sulfide) groups is 1. The van der Waals surface area contributed by atoms with E-state index in [1.807, 2.05) is 36.4 Å². The average Bonchev–Trinajstić information content (AvgIpc) is 3.00. The third-order valence-electron chi connectivity index (χ3n) is 4.45. The molecule has 2 aliphatic rings. The highest BCUT2D eigenvalue weighted by molar-refractivity contribution is 8.27. The summed E-state index contributed by atoms with van der Waals surface area (Å²) in [4.78, 5) is 43.9. The molecule has 1 fully saturated rings. The van der Waals surface area contributed by atoms with Gasteiger partial charge in [0.2, 0.25) is 5.12 Å². The second-order valence-electron chi connectivity index (χ2n) is 6.42. The molecule has 1 saturated heterocycles. The first-order valence-corrected chi connectivity index (χ1v) is 9.92. The molecule has 0 spiro atoms. The quantitative estimate of drug-likeness (QED) is 0.536. The molecule has 0 N–H and O–H groups in total. The summed E-state index contributed by atoms with van der Waals surface area (Å²) in [5.74, 6) is 0.485. The maximum atomic E-state index is 12.5. The largest absolute Gasteiger partial charge is 0.472 e. The fourth-order valence-electron chi connectivity index (χ4n) is 3.02. The van der Waals surface area contributed by atoms with Crippen molar-refractivity contribution >= 4 is 34.1 Å². The zero-order valence-corrected chi connectivity index (χ0v) is 16.3. The molecule has 0 bridgehead atoms. The van der Waals surface area contributed by atoms with Gasteiger partial charge in [-0.2, -0.15) is 5.06 Å². The SMILES string of the molecule is O=C1SC(=O)N(OCCCN2COc3ccccc3C2=O)C1=Cc1ccccc1. The van der Waals surface area contributed by atoms with E-state index in [0.29, 0.717) is 36.0 Å². The Balaban J connectivity index is 1.34. The van der Waals surface area contributed by atoms with Crippen LogP contribution in [0.25, 0.3) is 6.08 Å². The Hall–Kier alpha value is -3.10. The van der Waals surface area contributed by atoms with E-state index in [9.17, 15) is 14.4 Å². The molecule has 2 aromatic carbocycles. The van der Waals surface area contributed by atoms with Crippen LogP contribution in [0.4, 0.5) is 4.79 Å². The minimum Gasteiger partial charge on any atom is -0.472 e. The molecule has 8 heteroatoms. The number of carbonyl (C=O) groups excluding carboxylic acids is 3. The molecule has 2 heterocycles. The van der Waals surface area contributed by atoms with Crippen LogP contribution < -0.4 is 4.74 Å². The molecule has 148 valence electrons. The molecule has 0 atom stereocenters. The van der Waals surface area contributed by atoms with Crippen LogP contribution >= 0.6 is 11.8 Å². The second-order valence-corrected chi connectivity index (χ2v) is 7.34. The molecule has 0 unspecified atom stereocenters. The van der Waals surface area contributed by atoms with Crippen LogP contribution in [-0.4, -0.2) is 46.1 Å². The summed E-state index contributed by atoms with van der Waals surface area (Å²) in [6, 6.07) is 16.4. The van der Waals surface area contributed by atoms with Gasteiger partial charge >= 0.3 is 5.24 Å². The Bertz CT molecular complexity index is 976. The predicted molar refractivity (Wildman–Crippen MR) is 108 cm³/mol. The van der Waals surface area contributed by atoms with Crippen molar-refractivity contribution in [1.82, 2.24) is 9.96 Å². The number of para-hydroxylation sites is 1. The fourth-order valence-corrected chi connectivity index (χ4v) is 3.66. The lowest BCUT2D eigenvalue weighted by molar-refractivity contribution is -0.117. The van der Waals surface area contributed by atoms with Crippen LogP contribution in [0.1, 0.15) is 22.3 Å². The highest BCUT2D eigenvalue weighted by Crippen LogP contribution is 2.30. The highest BCUT2D eigenvalue weighted by atomic mass is 32.2. The molecule has 2 aliphatic heterocycles. The predicted octanol–water partition coefficient (Wildman–Crippen LogP) is 3.54. The molecule has 7 nitrogen and oxygen atoms in total. The smallest absolute Gasteiger partial charge is 0.318 e. The molecular weight excluding hydrogens is 392 g/mol. The number of fused-ring (bicyclic) bond motifs is 1. The van der Waals surface area contributed by atoms with Gasteiger partial charge in [0.1, 0.15) is 11.4 Å². The van der Waals surface area contributed by atoms with Crippen LogP contribution in [0.3, 0.4) is 0 Å². The number of hydroxylamine groups is 2. The van der Waals surface area contributed by atoms with Gasteiger partial charge in [-0.25, -0.2) is 0 Å². The van der Waals surface area contributed by atoms with Gasteiger partial charge in [0.25, 0.3) is 5.91 Å². The van der Waals surface area contributed by atoms with E-state index in [1.165, 1.54) is 0 Å². The fraction of sp³-hybridized carbons (Fsp3) is 0.190. The van der Waals surface area contributed by atoms with Crippen molar-refractivity contribution in [3.8, 4) is 5.75 Å². The van der Waals surface area contributed by atoms with Crippen molar-refractivity contribution in [2.45, 2.75) is 6.42 Å². The highest BCUT2D eigenvalue weighted by Gasteiger charge is 2.36. The van der Waals surface area contributed by atoms with Crippen LogP contribution in [0.5, 0.6) is 5.75 Å². The number of ether oxygens (including phenoxy) is 1. The summed E-state index contributed by atoms with van der Waals surface area (Å²) in [7, 11) is 0. The zero-order valence-electron chi connectivity index (χ0n) is 15.4. The number of benzene rings is 2. The third kappa shape index (κ3) is 4.18. The first kappa shape index (κ1) is 19.2. The van der Waals surface area contributed by atoms with E-state index >= 15 is 0 Å². The number of hydrogen-bond acceptors (Lipinski definition) is 6. The molecule has 29 heavy (non-hydrogen) atoms. The Labute approximate surface area is 171 Å². The lowest BCUT2D eigenvalue weighted by Crippen LogP contribution is -2.39. The lowest BCUT2D eigenvalue weighted by Gasteiger charge is -2.28. The normalized spacial score (nSPS) is 17.7. The maximum Gasteiger partial charge on any atom is 0.318 e. The molecule has 0 aromatic heterocycles. The van der Waals surface area contributed by atoms with E-state index in [-0.39, 0.29) is 30.1 Å². The van der Waals surface area contributed by atoms with Gasteiger partial charge in [0.05, 0.1) is 12.2 Å². The second kappa shape index (κ2) is 8.50. The Morgan fingerprint density at radius 2 is 1.79 bits per heavy atom. The molecule has 0 radical (unpaired) electrons. The monoisotopic (exact) mass is 410 g/mol. The number of amides is 2. The topological polar surface area (TPSA) is 76.2 Å². The summed E-state index contributed by atoms with van der Waals surface area (Å²) in [6.07, 6.45) is 2.11. The van der Waals surface area contributed by atoms with Gasteiger partial charge in [-0.1, -0.05) is 42.5 Å². The maximum absolute atomic E-state index is 12.5. The summed E-state index contributed by atoms with van der Waals surface area (Å²) in [5, 5.41) is 0.211. The summed E-state index contributed by atoms with van der Waals surface area (Å²) in [5.41, 5.74) is 1.52. The molecule has 4 rings (SSSR count). The van der Waals surface area contributed by atoms with Crippen LogP contribution in [0.2, 0.25) is 0 Å². The van der Waals surface area contributed by atoms with Gasteiger partial charge in [-0.05, 0) is 30.2 Å². The van der Waals surface area contributed by atoms with Crippen molar-refractivity contribution < 1.29 is 24.0 Å². The van der Waals surface area contributed by atoms with Crippen molar-refractivity contribution in [2.24, 2.45) is 0 Å². The first-order valence-electron chi connectivity index (χ1n) is 9.10. The van der Waals surface area contributed by atoms with Crippen LogP contribution in [-0.2, 0) is 9.63 Å². The Morgan fingerprint density at radius 1 is 1.03 bits per heavy atom. The molecule has 2 amide bonds. The van der Waals surface area contributed by atoms with Gasteiger partial charge in [0, 0.05) is 18.3 Å². The zero-order chi connectivity index (χ0) is 20.2. The van der Waals surface area contributed by atoms with Crippen LogP contribution in [0, 0.1) is 0 Å². The van der Waals surface area contributed by atoms with Gasteiger partial charge in [-0.3, -0.25) is 19.2 Å². The lowest BCUT2D eigenvalue weighted by atomic mass is 10.1.